The number of nitrogens with zero attached hydrogens (tertiary/aromatic N) is 3. The van der Waals surface area contributed by atoms with Crippen LogP contribution in [0.4, 0.5) is 11.6 Å². The second-order valence-corrected chi connectivity index (χ2v) is 8.71. The van der Waals surface area contributed by atoms with Crippen LogP contribution in [0.5, 0.6) is 5.75 Å². The fourth-order valence-electron chi connectivity index (χ4n) is 4.05. The van der Waals surface area contributed by atoms with Crippen molar-refractivity contribution in [2.45, 2.75) is 50.3 Å². The van der Waals surface area contributed by atoms with E-state index in [0.717, 1.165) is 43.3 Å². The van der Waals surface area contributed by atoms with E-state index in [4.69, 9.17) is 19.4 Å². The summed E-state index contributed by atoms with van der Waals surface area (Å²) in [5.74, 6) is 3.14. The van der Waals surface area contributed by atoms with Crippen LogP contribution in [0.3, 0.4) is 0 Å². The predicted molar refractivity (Wildman–Crippen MR) is 126 cm³/mol. The van der Waals surface area contributed by atoms with E-state index < -0.39 is 6.10 Å². The van der Waals surface area contributed by atoms with Crippen LogP contribution in [-0.4, -0.2) is 73.7 Å². The molecule has 32 heavy (non-hydrogen) atoms. The molecule has 1 aromatic carbocycles. The number of ether oxygens (including phenoxy) is 2. The van der Waals surface area contributed by atoms with Gasteiger partial charge in [-0.1, -0.05) is 12.1 Å². The highest BCUT2D eigenvalue weighted by Crippen LogP contribution is 2.29. The van der Waals surface area contributed by atoms with Crippen LogP contribution in [-0.2, 0) is 4.74 Å². The Morgan fingerprint density at radius 1 is 1.19 bits per heavy atom. The SMILES string of the molecule is CNCC(O)COc1cccc(-c2nc(NC3CCC3)cc(N(C)C3CCOCC3)n2)c1. The summed E-state index contributed by atoms with van der Waals surface area (Å²) < 4.78 is 11.3. The highest BCUT2D eigenvalue weighted by molar-refractivity contribution is 5.63. The van der Waals surface area contributed by atoms with Crippen LogP contribution in [0.1, 0.15) is 32.1 Å². The van der Waals surface area contributed by atoms with Gasteiger partial charge in [0.1, 0.15) is 30.1 Å². The molecule has 0 spiro atoms. The molecule has 4 rings (SSSR count). The predicted octanol–water partition coefficient (Wildman–Crippen LogP) is 2.68. The molecular weight excluding hydrogens is 406 g/mol. The Labute approximate surface area is 190 Å². The Hall–Kier alpha value is -2.42. The maximum absolute atomic E-state index is 9.93. The van der Waals surface area contributed by atoms with Gasteiger partial charge in [-0.25, -0.2) is 9.97 Å². The van der Waals surface area contributed by atoms with Crippen molar-refractivity contribution in [1.82, 2.24) is 15.3 Å². The summed E-state index contributed by atoms with van der Waals surface area (Å²) in [6.45, 7) is 2.30. The summed E-state index contributed by atoms with van der Waals surface area (Å²) in [5, 5.41) is 16.5. The van der Waals surface area contributed by atoms with E-state index in [1.807, 2.05) is 24.3 Å². The third-order valence-electron chi connectivity index (χ3n) is 6.24. The first-order valence-electron chi connectivity index (χ1n) is 11.6. The zero-order valence-corrected chi connectivity index (χ0v) is 19.1. The number of anilines is 2. The molecule has 1 atom stereocenters. The lowest BCUT2D eigenvalue weighted by Crippen LogP contribution is -2.37. The first kappa shape index (κ1) is 22.8. The molecule has 8 heteroatoms. The van der Waals surface area contributed by atoms with Crippen molar-refractivity contribution in [3.05, 3.63) is 30.3 Å². The molecule has 1 aliphatic heterocycles. The molecule has 1 saturated heterocycles. The molecular formula is C24H35N5O3. The topological polar surface area (TPSA) is 91.8 Å². The van der Waals surface area contributed by atoms with Gasteiger partial charge in [-0.3, -0.25) is 0 Å². The van der Waals surface area contributed by atoms with E-state index in [2.05, 4.69) is 28.6 Å². The standard InChI is InChI=1S/C24H35N5O3/c1-25-15-20(30)16-32-21-8-3-5-17(13-21)24-27-22(26-18-6-4-7-18)14-23(28-24)29(2)19-9-11-31-12-10-19/h3,5,8,13-14,18-20,25,30H,4,6-7,9-12,15-16H2,1-2H3,(H,26,27,28). The Morgan fingerprint density at radius 3 is 2.72 bits per heavy atom. The van der Waals surface area contributed by atoms with E-state index in [-0.39, 0.29) is 6.61 Å². The fraction of sp³-hybridized carbons (Fsp3) is 0.583. The Balaban J connectivity index is 1.57. The zero-order valence-electron chi connectivity index (χ0n) is 19.1. The first-order chi connectivity index (χ1) is 15.6. The molecule has 0 bridgehead atoms. The van der Waals surface area contributed by atoms with Gasteiger partial charge in [-0.15, -0.1) is 0 Å². The summed E-state index contributed by atoms with van der Waals surface area (Å²) in [5.41, 5.74) is 0.893. The highest BCUT2D eigenvalue weighted by Gasteiger charge is 2.23. The molecule has 1 aliphatic carbocycles. The lowest BCUT2D eigenvalue weighted by molar-refractivity contribution is 0.0853. The van der Waals surface area contributed by atoms with Gasteiger partial charge in [0.15, 0.2) is 5.82 Å². The van der Waals surface area contributed by atoms with Gasteiger partial charge in [0.25, 0.3) is 0 Å². The van der Waals surface area contributed by atoms with Crippen molar-refractivity contribution >= 4 is 11.6 Å². The van der Waals surface area contributed by atoms with E-state index in [0.29, 0.717) is 30.2 Å². The highest BCUT2D eigenvalue weighted by atomic mass is 16.5. The third-order valence-corrected chi connectivity index (χ3v) is 6.24. The summed E-state index contributed by atoms with van der Waals surface area (Å²) in [7, 11) is 3.92. The zero-order chi connectivity index (χ0) is 22.3. The summed E-state index contributed by atoms with van der Waals surface area (Å²) >= 11 is 0. The van der Waals surface area contributed by atoms with Crippen molar-refractivity contribution in [1.29, 1.82) is 0 Å². The number of aliphatic hydroxyl groups excluding tert-OH is 1. The summed E-state index contributed by atoms with van der Waals surface area (Å²) in [6, 6.07) is 10.7. The number of hydrogen-bond donors (Lipinski definition) is 3. The van der Waals surface area contributed by atoms with Crippen molar-refractivity contribution in [3.8, 4) is 17.1 Å². The number of aromatic nitrogens is 2. The number of hydrogen-bond acceptors (Lipinski definition) is 8. The molecule has 174 valence electrons. The van der Waals surface area contributed by atoms with Crippen LogP contribution in [0.15, 0.2) is 30.3 Å². The number of likely N-dealkylation sites (N-methyl/N-ethyl adjacent to an activating group) is 1. The molecule has 3 N–H and O–H groups in total. The van der Waals surface area contributed by atoms with Gasteiger partial charge in [0.2, 0.25) is 0 Å². The lowest BCUT2D eigenvalue weighted by Gasteiger charge is -2.33. The molecule has 1 aromatic heterocycles. The molecule has 1 saturated carbocycles. The minimum atomic E-state index is -0.561. The Morgan fingerprint density at radius 2 is 2.00 bits per heavy atom. The van der Waals surface area contributed by atoms with Gasteiger partial charge < -0.3 is 30.1 Å². The van der Waals surface area contributed by atoms with E-state index in [1.54, 1.807) is 7.05 Å². The number of nitrogens with one attached hydrogen (secondary N) is 2. The van der Waals surface area contributed by atoms with Crippen LogP contribution in [0, 0.1) is 0 Å². The lowest BCUT2D eigenvalue weighted by atomic mass is 9.93. The molecule has 2 heterocycles. The van der Waals surface area contributed by atoms with Gasteiger partial charge in [-0.05, 0) is 51.3 Å². The number of benzene rings is 1. The minimum absolute atomic E-state index is 0.228. The molecule has 2 aliphatic rings. The summed E-state index contributed by atoms with van der Waals surface area (Å²) in [6.07, 6.45) is 5.07. The Bertz CT molecular complexity index is 870. The van der Waals surface area contributed by atoms with Crippen molar-refractivity contribution in [3.63, 3.8) is 0 Å². The van der Waals surface area contributed by atoms with Crippen LogP contribution in [0.2, 0.25) is 0 Å². The monoisotopic (exact) mass is 441 g/mol. The molecule has 8 nitrogen and oxygen atoms in total. The second kappa shape index (κ2) is 10.9. The van der Waals surface area contributed by atoms with Crippen LogP contribution < -0.4 is 20.3 Å². The van der Waals surface area contributed by atoms with Crippen LogP contribution in [0.25, 0.3) is 11.4 Å². The maximum Gasteiger partial charge on any atom is 0.163 e. The van der Waals surface area contributed by atoms with Gasteiger partial charge >= 0.3 is 0 Å². The second-order valence-electron chi connectivity index (χ2n) is 8.71. The Kier molecular flexibility index (Phi) is 7.78. The molecule has 0 amide bonds. The van der Waals surface area contributed by atoms with E-state index >= 15 is 0 Å². The van der Waals surface area contributed by atoms with E-state index in [9.17, 15) is 5.11 Å². The van der Waals surface area contributed by atoms with Gasteiger partial charge in [0.05, 0.1) is 0 Å². The van der Waals surface area contributed by atoms with Crippen molar-refractivity contribution < 1.29 is 14.6 Å². The maximum atomic E-state index is 9.93. The normalized spacial score (nSPS) is 18.1. The van der Waals surface area contributed by atoms with E-state index in [1.165, 1.54) is 19.3 Å². The molecule has 0 radical (unpaired) electrons. The third kappa shape index (κ3) is 5.88. The molecule has 2 aromatic rings. The van der Waals surface area contributed by atoms with Crippen molar-refractivity contribution in [2.75, 3.05) is 50.7 Å². The molecule has 2 fully saturated rings. The quantitative estimate of drug-likeness (QED) is 0.518. The van der Waals surface area contributed by atoms with Gasteiger partial charge in [0, 0.05) is 50.5 Å². The summed E-state index contributed by atoms with van der Waals surface area (Å²) in [4.78, 5) is 12.0. The molecule has 1 unspecified atom stereocenters. The average Bonchev–Trinajstić information content (AvgIpc) is 2.80. The smallest absolute Gasteiger partial charge is 0.163 e. The largest absolute Gasteiger partial charge is 0.491 e. The fourth-order valence-corrected chi connectivity index (χ4v) is 4.05. The number of aliphatic hydroxyl groups is 1. The van der Waals surface area contributed by atoms with Gasteiger partial charge in [-0.2, -0.15) is 0 Å². The average molecular weight is 442 g/mol. The first-order valence-corrected chi connectivity index (χ1v) is 11.6. The van der Waals surface area contributed by atoms with Crippen molar-refractivity contribution in [2.24, 2.45) is 0 Å². The number of rotatable bonds is 10. The minimum Gasteiger partial charge on any atom is -0.491 e. The van der Waals surface area contributed by atoms with Crippen LogP contribution >= 0.6 is 0 Å².